The molecule has 4 rings (SSSR count). The average molecular weight is 399 g/mol. The number of aromatic nitrogens is 2. The van der Waals surface area contributed by atoms with Crippen LogP contribution in [0, 0.1) is 20.2 Å². The molecule has 13 nitrogen and oxygen atoms in total. The molecule has 0 saturated carbocycles. The molecule has 1 amide bonds. The summed E-state index contributed by atoms with van der Waals surface area (Å²) in [4.78, 5) is 32.5. The summed E-state index contributed by atoms with van der Waals surface area (Å²) in [6, 6.07) is 7.18. The number of nitro groups is 2. The largest absolute Gasteiger partial charge is 0.454 e. The highest BCUT2D eigenvalue weighted by Gasteiger charge is 2.22. The number of rotatable bonds is 5. The molecule has 0 spiro atoms. The highest BCUT2D eigenvalue weighted by molar-refractivity contribution is 6.04. The zero-order valence-electron chi connectivity index (χ0n) is 14.2. The Labute approximate surface area is 160 Å². The Morgan fingerprint density at radius 3 is 2.34 bits per heavy atom. The minimum absolute atomic E-state index is 0.0728. The van der Waals surface area contributed by atoms with E-state index in [1.54, 1.807) is 18.2 Å². The molecule has 2 heterocycles. The fraction of sp³-hybridized carbons (Fsp3) is 0.0625. The maximum atomic E-state index is 12.3. The van der Waals surface area contributed by atoms with Crippen LogP contribution in [0.2, 0.25) is 0 Å². The first kappa shape index (κ1) is 17.8. The molecule has 0 atom stereocenters. The van der Waals surface area contributed by atoms with Crippen molar-refractivity contribution in [1.29, 1.82) is 0 Å². The van der Waals surface area contributed by atoms with E-state index in [-0.39, 0.29) is 24.3 Å². The van der Waals surface area contributed by atoms with Gasteiger partial charge in [-0.15, -0.1) is 5.10 Å². The van der Waals surface area contributed by atoms with Crippen molar-refractivity contribution < 1.29 is 28.5 Å². The fourth-order valence-electron chi connectivity index (χ4n) is 2.53. The number of benzene rings is 2. The summed E-state index contributed by atoms with van der Waals surface area (Å²) in [5, 5.41) is 31.6. The van der Waals surface area contributed by atoms with E-state index < -0.39 is 27.1 Å². The summed E-state index contributed by atoms with van der Waals surface area (Å²) < 4.78 is 15.8. The smallest absolute Gasteiger partial charge is 0.322 e. The van der Waals surface area contributed by atoms with Gasteiger partial charge in [0, 0.05) is 17.7 Å². The van der Waals surface area contributed by atoms with E-state index in [0.717, 1.165) is 18.2 Å². The van der Waals surface area contributed by atoms with Gasteiger partial charge in [0.25, 0.3) is 17.3 Å². The quantitative estimate of drug-likeness (QED) is 0.496. The van der Waals surface area contributed by atoms with Crippen molar-refractivity contribution in [2.24, 2.45) is 0 Å². The zero-order chi connectivity index (χ0) is 20.5. The molecule has 0 radical (unpaired) electrons. The summed E-state index contributed by atoms with van der Waals surface area (Å²) in [6.07, 6.45) is 0. The lowest BCUT2D eigenvalue weighted by molar-refractivity contribution is -0.394. The minimum Gasteiger partial charge on any atom is -0.454 e. The summed E-state index contributed by atoms with van der Waals surface area (Å²) in [5.41, 5.74) is -1.01. The standard InChI is InChI=1S/C16H9N5O8/c22-14(9-3-10(20(23)24)6-11(4-9)21(25)26)17-16-19-18-15(29-16)8-1-2-12-13(5-8)28-7-27-12/h1-6H,7H2,(H,17,19,22). The molecule has 0 aliphatic carbocycles. The maximum Gasteiger partial charge on any atom is 0.322 e. The van der Waals surface area contributed by atoms with Gasteiger partial charge in [-0.3, -0.25) is 30.3 Å². The van der Waals surface area contributed by atoms with E-state index >= 15 is 0 Å². The molecule has 13 heteroatoms. The Balaban J connectivity index is 1.57. The maximum absolute atomic E-state index is 12.3. The number of non-ortho nitro benzene ring substituents is 2. The van der Waals surface area contributed by atoms with Crippen LogP contribution in [0.1, 0.15) is 10.4 Å². The highest BCUT2D eigenvalue weighted by atomic mass is 16.7. The number of nitro benzene ring substituents is 2. The van der Waals surface area contributed by atoms with Gasteiger partial charge < -0.3 is 13.9 Å². The number of fused-ring (bicyclic) bond motifs is 1. The van der Waals surface area contributed by atoms with Crippen molar-refractivity contribution in [2.45, 2.75) is 0 Å². The lowest BCUT2D eigenvalue weighted by Gasteiger charge is -2.01. The number of carbonyl (C=O) groups is 1. The van der Waals surface area contributed by atoms with Gasteiger partial charge in [-0.25, -0.2) is 0 Å². The Hall–Kier alpha value is -4.55. The van der Waals surface area contributed by atoms with E-state index in [1.165, 1.54) is 0 Å². The summed E-state index contributed by atoms with van der Waals surface area (Å²) in [6.45, 7) is 0.0965. The van der Waals surface area contributed by atoms with Crippen LogP contribution in [0.4, 0.5) is 17.4 Å². The van der Waals surface area contributed by atoms with Crippen LogP contribution < -0.4 is 14.8 Å². The highest BCUT2D eigenvalue weighted by Crippen LogP contribution is 2.35. The van der Waals surface area contributed by atoms with Crippen molar-refractivity contribution in [1.82, 2.24) is 10.2 Å². The Morgan fingerprint density at radius 2 is 1.66 bits per heavy atom. The molecule has 2 aromatic carbocycles. The monoisotopic (exact) mass is 399 g/mol. The van der Waals surface area contributed by atoms with Crippen molar-refractivity contribution >= 4 is 23.3 Å². The zero-order valence-corrected chi connectivity index (χ0v) is 14.2. The van der Waals surface area contributed by atoms with E-state index in [0.29, 0.717) is 17.1 Å². The predicted octanol–water partition coefficient (Wildman–Crippen LogP) is 2.53. The third-order valence-corrected chi connectivity index (χ3v) is 3.85. The van der Waals surface area contributed by atoms with Crippen molar-refractivity contribution in [2.75, 3.05) is 12.1 Å². The summed E-state index contributed by atoms with van der Waals surface area (Å²) >= 11 is 0. The first-order valence-corrected chi connectivity index (χ1v) is 7.89. The number of nitrogens with zero attached hydrogens (tertiary/aromatic N) is 4. The van der Waals surface area contributed by atoms with Crippen LogP contribution in [-0.4, -0.2) is 32.7 Å². The molecule has 3 aromatic rings. The van der Waals surface area contributed by atoms with Crippen molar-refractivity contribution in [3.63, 3.8) is 0 Å². The number of carbonyl (C=O) groups excluding carboxylic acids is 1. The normalized spacial score (nSPS) is 11.9. The van der Waals surface area contributed by atoms with E-state index in [2.05, 4.69) is 15.5 Å². The number of amides is 1. The third-order valence-electron chi connectivity index (χ3n) is 3.85. The van der Waals surface area contributed by atoms with Gasteiger partial charge in [-0.05, 0) is 18.2 Å². The number of hydrogen-bond acceptors (Lipinski definition) is 10. The first-order valence-electron chi connectivity index (χ1n) is 7.89. The van der Waals surface area contributed by atoms with E-state index in [9.17, 15) is 25.0 Å². The molecule has 0 bridgehead atoms. The number of anilines is 1. The summed E-state index contributed by atoms with van der Waals surface area (Å²) in [7, 11) is 0. The number of ether oxygens (including phenoxy) is 2. The number of hydrogen-bond donors (Lipinski definition) is 1. The topological polar surface area (TPSA) is 173 Å². The fourth-order valence-corrected chi connectivity index (χ4v) is 2.53. The van der Waals surface area contributed by atoms with Crippen LogP contribution in [0.5, 0.6) is 11.5 Å². The summed E-state index contributed by atoms with van der Waals surface area (Å²) in [5.74, 6) is 0.241. The van der Waals surface area contributed by atoms with Gasteiger partial charge in [0.2, 0.25) is 12.7 Å². The van der Waals surface area contributed by atoms with Gasteiger partial charge in [0.15, 0.2) is 11.5 Å². The van der Waals surface area contributed by atoms with Crippen LogP contribution in [-0.2, 0) is 0 Å². The molecule has 1 aliphatic heterocycles. The van der Waals surface area contributed by atoms with Crippen LogP contribution in [0.15, 0.2) is 40.8 Å². The van der Waals surface area contributed by atoms with Gasteiger partial charge in [-0.2, -0.15) is 0 Å². The first-order chi connectivity index (χ1) is 13.9. The second-order valence-electron chi connectivity index (χ2n) is 5.69. The van der Waals surface area contributed by atoms with Crippen molar-refractivity contribution in [3.8, 4) is 23.0 Å². The molecule has 0 unspecified atom stereocenters. The van der Waals surface area contributed by atoms with Gasteiger partial charge in [-0.1, -0.05) is 5.10 Å². The Bertz CT molecular complexity index is 1130. The average Bonchev–Trinajstić information content (AvgIpc) is 3.36. The second kappa shape index (κ2) is 6.88. The van der Waals surface area contributed by atoms with Crippen LogP contribution in [0.3, 0.4) is 0 Å². The third kappa shape index (κ3) is 3.51. The SMILES string of the molecule is O=C(Nc1nnc(-c2ccc3c(c2)OCO3)o1)c1cc([N+](=O)[O-])cc([N+](=O)[O-])c1. The van der Waals surface area contributed by atoms with E-state index in [4.69, 9.17) is 13.9 Å². The molecule has 1 N–H and O–H groups in total. The van der Waals surface area contributed by atoms with Gasteiger partial charge >= 0.3 is 6.01 Å². The molecule has 29 heavy (non-hydrogen) atoms. The molecule has 0 saturated heterocycles. The van der Waals surface area contributed by atoms with Gasteiger partial charge in [0.05, 0.1) is 21.5 Å². The Morgan fingerprint density at radius 1 is 0.966 bits per heavy atom. The lowest BCUT2D eigenvalue weighted by Crippen LogP contribution is -2.13. The molecule has 1 aromatic heterocycles. The predicted molar refractivity (Wildman–Crippen MR) is 93.6 cm³/mol. The molecular formula is C16H9N5O8. The molecule has 1 aliphatic rings. The van der Waals surface area contributed by atoms with E-state index in [1.807, 2.05) is 0 Å². The Kier molecular flexibility index (Phi) is 4.23. The van der Waals surface area contributed by atoms with Crippen LogP contribution >= 0.6 is 0 Å². The molecule has 0 fully saturated rings. The second-order valence-corrected chi connectivity index (χ2v) is 5.69. The molecule has 146 valence electrons. The lowest BCUT2D eigenvalue weighted by atomic mass is 10.1. The van der Waals surface area contributed by atoms with Crippen molar-refractivity contribution in [3.05, 3.63) is 62.2 Å². The minimum atomic E-state index is -0.891. The molecular weight excluding hydrogens is 390 g/mol. The van der Waals surface area contributed by atoms with Gasteiger partial charge in [0.1, 0.15) is 0 Å². The van der Waals surface area contributed by atoms with Crippen LogP contribution in [0.25, 0.3) is 11.5 Å². The number of nitrogens with one attached hydrogen (secondary N) is 1.